The molecule has 0 spiro atoms. The number of ether oxygens (including phenoxy) is 1. The summed E-state index contributed by atoms with van der Waals surface area (Å²) >= 11 is 0. The molecule has 0 unspecified atom stereocenters. The van der Waals surface area contributed by atoms with E-state index in [9.17, 15) is 4.79 Å². The minimum absolute atomic E-state index is 0.0595. The number of hydrogen-bond acceptors (Lipinski definition) is 4. The largest absolute Gasteiger partial charge is 0.484 e. The van der Waals surface area contributed by atoms with E-state index in [0.717, 1.165) is 11.1 Å². The molecule has 0 aliphatic rings. The number of aryl methyl sites for hydroxylation is 1. The molecule has 2 aromatic rings. The molecule has 0 radical (unpaired) electrons. The highest BCUT2D eigenvalue weighted by Crippen LogP contribution is 2.11. The van der Waals surface area contributed by atoms with Gasteiger partial charge >= 0.3 is 0 Å². The molecule has 1 aromatic heterocycles. The number of rotatable bonds is 5. The average Bonchev–Trinajstić information content (AvgIpc) is 2.52. The standard InChI is InChI=1S/C16H15N3O2/c1-12-9-18-7-6-14(12)10-19-16(20)11-21-15-4-2-13(8-17)3-5-15/h2-7,9H,10-11H2,1H3,(H,19,20). The first-order chi connectivity index (χ1) is 10.2. The van der Waals surface area contributed by atoms with Crippen molar-refractivity contribution in [3.8, 4) is 11.8 Å². The Morgan fingerprint density at radius 3 is 2.76 bits per heavy atom. The predicted molar refractivity (Wildman–Crippen MR) is 77.5 cm³/mol. The van der Waals surface area contributed by atoms with Crippen LogP contribution in [-0.2, 0) is 11.3 Å². The molecule has 0 aliphatic heterocycles. The van der Waals surface area contributed by atoms with Crippen molar-refractivity contribution < 1.29 is 9.53 Å². The molecule has 5 heteroatoms. The SMILES string of the molecule is Cc1cnccc1CNC(=O)COc1ccc(C#N)cc1. The third-order valence-corrected chi connectivity index (χ3v) is 2.97. The van der Waals surface area contributed by atoms with Crippen LogP contribution in [0.1, 0.15) is 16.7 Å². The first-order valence-corrected chi connectivity index (χ1v) is 6.48. The third kappa shape index (κ3) is 4.32. The Labute approximate surface area is 123 Å². The first-order valence-electron chi connectivity index (χ1n) is 6.48. The van der Waals surface area contributed by atoms with Gasteiger partial charge in [0.1, 0.15) is 5.75 Å². The number of aromatic nitrogens is 1. The van der Waals surface area contributed by atoms with E-state index in [-0.39, 0.29) is 12.5 Å². The van der Waals surface area contributed by atoms with Crippen LogP contribution in [-0.4, -0.2) is 17.5 Å². The van der Waals surface area contributed by atoms with Gasteiger partial charge in [0, 0.05) is 18.9 Å². The lowest BCUT2D eigenvalue weighted by Crippen LogP contribution is -2.28. The van der Waals surface area contributed by atoms with Gasteiger partial charge in [-0.15, -0.1) is 0 Å². The fraction of sp³-hybridized carbons (Fsp3) is 0.188. The fourth-order valence-corrected chi connectivity index (χ4v) is 1.72. The second-order valence-corrected chi connectivity index (χ2v) is 4.50. The highest BCUT2D eigenvalue weighted by molar-refractivity contribution is 5.77. The summed E-state index contributed by atoms with van der Waals surface area (Å²) in [7, 11) is 0. The summed E-state index contributed by atoms with van der Waals surface area (Å²) in [4.78, 5) is 15.7. The normalized spacial score (nSPS) is 9.71. The van der Waals surface area contributed by atoms with E-state index in [1.54, 1.807) is 36.7 Å². The molecule has 0 bridgehead atoms. The summed E-state index contributed by atoms with van der Waals surface area (Å²) in [6, 6.07) is 10.5. The molecule has 1 N–H and O–H groups in total. The molecular formula is C16H15N3O2. The number of carbonyl (C=O) groups excluding carboxylic acids is 1. The molecule has 1 aromatic carbocycles. The zero-order valence-electron chi connectivity index (χ0n) is 11.7. The van der Waals surface area contributed by atoms with Gasteiger partial charge in [-0.3, -0.25) is 9.78 Å². The van der Waals surface area contributed by atoms with Crippen LogP contribution < -0.4 is 10.1 Å². The lowest BCUT2D eigenvalue weighted by molar-refractivity contribution is -0.123. The van der Waals surface area contributed by atoms with Crippen LogP contribution in [0.5, 0.6) is 5.75 Å². The van der Waals surface area contributed by atoms with Gasteiger partial charge in [0.25, 0.3) is 5.91 Å². The Hall–Kier alpha value is -2.87. The van der Waals surface area contributed by atoms with Crippen LogP contribution in [0.2, 0.25) is 0 Å². The Kier molecular flexibility index (Phi) is 4.89. The van der Waals surface area contributed by atoms with Gasteiger partial charge in [-0.1, -0.05) is 0 Å². The average molecular weight is 281 g/mol. The van der Waals surface area contributed by atoms with Crippen molar-refractivity contribution in [1.82, 2.24) is 10.3 Å². The van der Waals surface area contributed by atoms with Crippen LogP contribution in [0.15, 0.2) is 42.7 Å². The lowest BCUT2D eigenvalue weighted by atomic mass is 10.1. The Morgan fingerprint density at radius 1 is 1.33 bits per heavy atom. The summed E-state index contributed by atoms with van der Waals surface area (Å²) < 4.78 is 5.35. The molecule has 2 rings (SSSR count). The number of nitrogens with zero attached hydrogens (tertiary/aromatic N) is 2. The maximum Gasteiger partial charge on any atom is 0.258 e. The van der Waals surface area contributed by atoms with E-state index in [0.29, 0.717) is 17.9 Å². The third-order valence-electron chi connectivity index (χ3n) is 2.97. The maximum atomic E-state index is 11.7. The van der Waals surface area contributed by atoms with Gasteiger partial charge in [0.05, 0.1) is 11.6 Å². The number of nitrogens with one attached hydrogen (secondary N) is 1. The monoisotopic (exact) mass is 281 g/mol. The maximum absolute atomic E-state index is 11.7. The van der Waals surface area contributed by atoms with Crippen LogP contribution in [0.25, 0.3) is 0 Å². The van der Waals surface area contributed by atoms with Crippen molar-refractivity contribution in [2.75, 3.05) is 6.61 Å². The fourth-order valence-electron chi connectivity index (χ4n) is 1.72. The van der Waals surface area contributed by atoms with Gasteiger partial charge in [-0.05, 0) is 48.4 Å². The zero-order valence-corrected chi connectivity index (χ0v) is 11.7. The second-order valence-electron chi connectivity index (χ2n) is 4.50. The van der Waals surface area contributed by atoms with E-state index < -0.39 is 0 Å². The Balaban J connectivity index is 1.79. The van der Waals surface area contributed by atoms with Crippen molar-refractivity contribution in [2.24, 2.45) is 0 Å². The number of benzene rings is 1. The summed E-state index contributed by atoms with van der Waals surface area (Å²) in [5.41, 5.74) is 2.61. The second kappa shape index (κ2) is 7.06. The molecule has 0 aliphatic carbocycles. The topological polar surface area (TPSA) is 75.0 Å². The van der Waals surface area contributed by atoms with Crippen LogP contribution in [0, 0.1) is 18.3 Å². The predicted octanol–water partition coefficient (Wildman–Crippen LogP) is 1.96. The molecule has 106 valence electrons. The van der Waals surface area contributed by atoms with E-state index in [2.05, 4.69) is 10.3 Å². The number of nitriles is 1. The molecule has 1 heterocycles. The van der Waals surface area contributed by atoms with Crippen molar-refractivity contribution in [3.05, 3.63) is 59.4 Å². The number of pyridine rings is 1. The van der Waals surface area contributed by atoms with Gasteiger partial charge in [-0.2, -0.15) is 5.26 Å². The Bertz CT molecular complexity index is 660. The molecule has 1 amide bonds. The molecule has 0 atom stereocenters. The summed E-state index contributed by atoms with van der Waals surface area (Å²) in [5.74, 6) is 0.361. The first kappa shape index (κ1) is 14.5. The molecule has 0 saturated carbocycles. The van der Waals surface area contributed by atoms with Crippen molar-refractivity contribution in [2.45, 2.75) is 13.5 Å². The quantitative estimate of drug-likeness (QED) is 0.909. The molecule has 5 nitrogen and oxygen atoms in total. The van der Waals surface area contributed by atoms with E-state index >= 15 is 0 Å². The number of hydrogen-bond donors (Lipinski definition) is 1. The van der Waals surface area contributed by atoms with Crippen molar-refractivity contribution in [3.63, 3.8) is 0 Å². The van der Waals surface area contributed by atoms with E-state index in [1.807, 2.05) is 19.1 Å². The summed E-state index contributed by atoms with van der Waals surface area (Å²) in [5, 5.41) is 11.5. The number of carbonyl (C=O) groups is 1. The number of amides is 1. The minimum atomic E-state index is -0.199. The molecule has 0 saturated heterocycles. The molecule has 21 heavy (non-hydrogen) atoms. The molecule has 0 fully saturated rings. The zero-order chi connectivity index (χ0) is 15.1. The van der Waals surface area contributed by atoms with E-state index in [4.69, 9.17) is 10.00 Å². The molecular weight excluding hydrogens is 266 g/mol. The van der Waals surface area contributed by atoms with Gasteiger partial charge in [-0.25, -0.2) is 0 Å². The minimum Gasteiger partial charge on any atom is -0.484 e. The van der Waals surface area contributed by atoms with Gasteiger partial charge in [0.15, 0.2) is 6.61 Å². The van der Waals surface area contributed by atoms with Gasteiger partial charge in [0.2, 0.25) is 0 Å². The summed E-state index contributed by atoms with van der Waals surface area (Å²) in [6.07, 6.45) is 3.45. The van der Waals surface area contributed by atoms with Crippen molar-refractivity contribution in [1.29, 1.82) is 5.26 Å². The summed E-state index contributed by atoms with van der Waals surface area (Å²) in [6.45, 7) is 2.34. The highest BCUT2D eigenvalue weighted by Gasteiger charge is 2.04. The van der Waals surface area contributed by atoms with Crippen LogP contribution in [0.3, 0.4) is 0 Å². The van der Waals surface area contributed by atoms with E-state index in [1.165, 1.54) is 0 Å². The smallest absolute Gasteiger partial charge is 0.258 e. The van der Waals surface area contributed by atoms with Crippen LogP contribution in [0.4, 0.5) is 0 Å². The Morgan fingerprint density at radius 2 is 2.10 bits per heavy atom. The lowest BCUT2D eigenvalue weighted by Gasteiger charge is -2.09. The van der Waals surface area contributed by atoms with Gasteiger partial charge < -0.3 is 10.1 Å². The van der Waals surface area contributed by atoms with Crippen LogP contribution >= 0.6 is 0 Å². The van der Waals surface area contributed by atoms with Crippen molar-refractivity contribution >= 4 is 5.91 Å². The highest BCUT2D eigenvalue weighted by atomic mass is 16.5.